The number of nitrogens with zero attached hydrogens (tertiary/aromatic N) is 1. The Balaban J connectivity index is 1.47. The highest BCUT2D eigenvalue weighted by Crippen LogP contribution is 2.26. The third-order valence-electron chi connectivity index (χ3n) is 4.60. The lowest BCUT2D eigenvalue weighted by Crippen LogP contribution is -2.50. The van der Waals surface area contributed by atoms with E-state index in [-0.39, 0.29) is 11.9 Å². The van der Waals surface area contributed by atoms with Crippen molar-refractivity contribution in [3.63, 3.8) is 0 Å². The summed E-state index contributed by atoms with van der Waals surface area (Å²) < 4.78 is 24.2. The third kappa shape index (κ3) is 3.97. The predicted octanol–water partition coefficient (Wildman–Crippen LogP) is 1.83. The molecule has 1 unspecified atom stereocenters. The van der Waals surface area contributed by atoms with Gasteiger partial charge in [0.25, 0.3) is 0 Å². The molecule has 3 rings (SSSR count). The average molecular weight is 308 g/mol. The van der Waals surface area contributed by atoms with Crippen LogP contribution >= 0.6 is 0 Å². The number of ether oxygens (including phenoxy) is 2. The molecule has 0 aliphatic carbocycles. The van der Waals surface area contributed by atoms with E-state index >= 15 is 0 Å². The first kappa shape index (κ1) is 15.7. The van der Waals surface area contributed by atoms with Crippen LogP contribution in [0.3, 0.4) is 0 Å². The number of hydrogen-bond donors (Lipinski definition) is 1. The summed E-state index contributed by atoms with van der Waals surface area (Å²) in [6, 6.07) is 5.60. The molecule has 2 aliphatic heterocycles. The Morgan fingerprint density at radius 3 is 2.91 bits per heavy atom. The first-order chi connectivity index (χ1) is 10.7. The molecule has 5 heteroatoms. The van der Waals surface area contributed by atoms with E-state index in [1.807, 2.05) is 0 Å². The number of piperidine rings is 1. The summed E-state index contributed by atoms with van der Waals surface area (Å²) in [6.07, 6.45) is 3.14. The standard InChI is InChI=1S/C17H25FN2O2/c1-21-9-8-20-6-4-15(5-7-20)19-16-11-13-10-14(18)2-3-17(13)22-12-16/h2-3,10,15-16,19H,4-9,11-12H2,1H3. The Kier molecular flexibility index (Phi) is 5.28. The van der Waals surface area contributed by atoms with Crippen molar-refractivity contribution in [2.75, 3.05) is 40.0 Å². The summed E-state index contributed by atoms with van der Waals surface area (Å²) >= 11 is 0. The van der Waals surface area contributed by atoms with Crippen molar-refractivity contribution in [1.82, 2.24) is 10.2 Å². The number of hydrogen-bond acceptors (Lipinski definition) is 4. The monoisotopic (exact) mass is 308 g/mol. The van der Waals surface area contributed by atoms with Crippen LogP contribution in [-0.4, -0.2) is 56.9 Å². The van der Waals surface area contributed by atoms with Crippen LogP contribution in [0.1, 0.15) is 18.4 Å². The molecule has 0 radical (unpaired) electrons. The van der Waals surface area contributed by atoms with Gasteiger partial charge in [-0.05, 0) is 56.1 Å². The van der Waals surface area contributed by atoms with Crippen molar-refractivity contribution in [3.8, 4) is 5.75 Å². The fraction of sp³-hybridized carbons (Fsp3) is 0.647. The molecule has 122 valence electrons. The smallest absolute Gasteiger partial charge is 0.123 e. The largest absolute Gasteiger partial charge is 0.492 e. The SMILES string of the molecule is COCCN1CCC(NC2COc3ccc(F)cc3C2)CC1. The van der Waals surface area contributed by atoms with Gasteiger partial charge in [0.1, 0.15) is 18.2 Å². The highest BCUT2D eigenvalue weighted by Gasteiger charge is 2.25. The highest BCUT2D eigenvalue weighted by atomic mass is 19.1. The second-order valence-electron chi connectivity index (χ2n) is 6.24. The molecule has 1 saturated heterocycles. The zero-order chi connectivity index (χ0) is 15.4. The van der Waals surface area contributed by atoms with Gasteiger partial charge in [-0.15, -0.1) is 0 Å². The summed E-state index contributed by atoms with van der Waals surface area (Å²) in [5, 5.41) is 3.69. The number of halogens is 1. The van der Waals surface area contributed by atoms with Crippen molar-refractivity contribution in [2.24, 2.45) is 0 Å². The Morgan fingerprint density at radius 2 is 2.14 bits per heavy atom. The van der Waals surface area contributed by atoms with Gasteiger partial charge < -0.3 is 19.7 Å². The van der Waals surface area contributed by atoms with Crippen LogP contribution in [0.25, 0.3) is 0 Å². The molecule has 0 bridgehead atoms. The highest BCUT2D eigenvalue weighted by molar-refractivity contribution is 5.36. The van der Waals surface area contributed by atoms with Crippen LogP contribution in [0.5, 0.6) is 5.75 Å². The molecular formula is C17H25FN2O2. The molecule has 1 fully saturated rings. The van der Waals surface area contributed by atoms with Crippen molar-refractivity contribution < 1.29 is 13.9 Å². The number of rotatable bonds is 5. The van der Waals surface area contributed by atoms with Gasteiger partial charge in [0.05, 0.1) is 6.61 Å². The van der Waals surface area contributed by atoms with Gasteiger partial charge in [-0.3, -0.25) is 0 Å². The summed E-state index contributed by atoms with van der Waals surface area (Å²) in [5.74, 6) is 0.642. The van der Waals surface area contributed by atoms with Crippen LogP contribution in [0.4, 0.5) is 4.39 Å². The van der Waals surface area contributed by atoms with Crippen LogP contribution in [0.2, 0.25) is 0 Å². The predicted molar refractivity (Wildman–Crippen MR) is 83.9 cm³/mol. The lowest BCUT2D eigenvalue weighted by Gasteiger charge is -2.35. The number of likely N-dealkylation sites (tertiary alicyclic amines) is 1. The maximum absolute atomic E-state index is 13.3. The number of nitrogens with one attached hydrogen (secondary N) is 1. The summed E-state index contributed by atoms with van der Waals surface area (Å²) in [7, 11) is 1.75. The zero-order valence-electron chi connectivity index (χ0n) is 13.2. The normalized spacial score (nSPS) is 23.1. The third-order valence-corrected chi connectivity index (χ3v) is 4.60. The second-order valence-corrected chi connectivity index (χ2v) is 6.24. The molecule has 0 amide bonds. The van der Waals surface area contributed by atoms with E-state index in [1.54, 1.807) is 19.2 Å². The van der Waals surface area contributed by atoms with Gasteiger partial charge in [0.2, 0.25) is 0 Å². The molecule has 2 aliphatic rings. The number of benzene rings is 1. The first-order valence-electron chi connectivity index (χ1n) is 8.13. The minimum atomic E-state index is -0.186. The van der Waals surface area contributed by atoms with Gasteiger partial charge in [-0.1, -0.05) is 0 Å². The summed E-state index contributed by atoms with van der Waals surface area (Å²) in [6.45, 7) is 4.71. The molecular weight excluding hydrogens is 283 g/mol. The Labute approximate surface area is 131 Å². The minimum Gasteiger partial charge on any atom is -0.492 e. The van der Waals surface area contributed by atoms with E-state index in [1.165, 1.54) is 6.07 Å². The van der Waals surface area contributed by atoms with E-state index in [4.69, 9.17) is 9.47 Å². The zero-order valence-corrected chi connectivity index (χ0v) is 13.2. The van der Waals surface area contributed by atoms with E-state index < -0.39 is 0 Å². The lowest BCUT2D eigenvalue weighted by atomic mass is 9.99. The summed E-state index contributed by atoms with van der Waals surface area (Å²) in [4.78, 5) is 2.45. The van der Waals surface area contributed by atoms with Crippen LogP contribution in [0.15, 0.2) is 18.2 Å². The molecule has 1 N–H and O–H groups in total. The van der Waals surface area contributed by atoms with Crippen LogP contribution < -0.4 is 10.1 Å². The lowest BCUT2D eigenvalue weighted by molar-refractivity contribution is 0.120. The minimum absolute atomic E-state index is 0.186. The van der Waals surface area contributed by atoms with Gasteiger partial charge in [0.15, 0.2) is 0 Å². The van der Waals surface area contributed by atoms with Crippen molar-refractivity contribution in [3.05, 3.63) is 29.6 Å². The van der Waals surface area contributed by atoms with E-state index in [9.17, 15) is 4.39 Å². The van der Waals surface area contributed by atoms with Crippen molar-refractivity contribution >= 4 is 0 Å². The second kappa shape index (κ2) is 7.40. The maximum Gasteiger partial charge on any atom is 0.123 e. The van der Waals surface area contributed by atoms with Gasteiger partial charge >= 0.3 is 0 Å². The fourth-order valence-corrected chi connectivity index (χ4v) is 3.35. The van der Waals surface area contributed by atoms with E-state index in [0.717, 1.165) is 56.8 Å². The number of fused-ring (bicyclic) bond motifs is 1. The molecule has 1 aromatic carbocycles. The van der Waals surface area contributed by atoms with Crippen molar-refractivity contribution in [2.45, 2.75) is 31.3 Å². The number of methoxy groups -OCH3 is 1. The topological polar surface area (TPSA) is 33.7 Å². The molecule has 1 atom stereocenters. The Bertz CT molecular complexity index is 490. The Morgan fingerprint density at radius 1 is 1.32 bits per heavy atom. The van der Waals surface area contributed by atoms with Crippen molar-refractivity contribution in [1.29, 1.82) is 0 Å². The Hall–Kier alpha value is -1.17. The molecule has 0 aromatic heterocycles. The maximum atomic E-state index is 13.3. The molecule has 22 heavy (non-hydrogen) atoms. The van der Waals surface area contributed by atoms with Gasteiger partial charge in [-0.25, -0.2) is 4.39 Å². The molecule has 0 saturated carbocycles. The van der Waals surface area contributed by atoms with E-state index in [2.05, 4.69) is 10.2 Å². The van der Waals surface area contributed by atoms with Crippen LogP contribution in [-0.2, 0) is 11.2 Å². The van der Waals surface area contributed by atoms with Crippen LogP contribution in [0, 0.1) is 5.82 Å². The quantitative estimate of drug-likeness (QED) is 0.900. The molecule has 0 spiro atoms. The molecule has 2 heterocycles. The van der Waals surface area contributed by atoms with Gasteiger partial charge in [0, 0.05) is 25.7 Å². The first-order valence-corrected chi connectivity index (χ1v) is 8.13. The van der Waals surface area contributed by atoms with E-state index in [0.29, 0.717) is 12.6 Å². The average Bonchev–Trinajstić information content (AvgIpc) is 2.54. The fourth-order valence-electron chi connectivity index (χ4n) is 3.35. The molecule has 4 nitrogen and oxygen atoms in total. The van der Waals surface area contributed by atoms with Gasteiger partial charge in [-0.2, -0.15) is 0 Å². The molecule has 1 aromatic rings. The summed E-state index contributed by atoms with van der Waals surface area (Å²) in [5.41, 5.74) is 0.973.